The predicted molar refractivity (Wildman–Crippen MR) is 253 cm³/mol. The van der Waals surface area contributed by atoms with Crippen LogP contribution in [0.25, 0.3) is 54.9 Å². The molecule has 1 heterocycles. The Morgan fingerprint density at radius 2 is 0.966 bits per heavy atom. The second-order valence-electron chi connectivity index (χ2n) is 14.8. The Kier molecular flexibility index (Phi) is 17.0. The second kappa shape index (κ2) is 22.6. The molecule has 0 bridgehead atoms. The molecule has 1 aliphatic heterocycles. The van der Waals surface area contributed by atoms with E-state index in [4.69, 9.17) is 17.0 Å². The largest absolute Gasteiger partial charge is 0.184 e. The molecule has 0 spiro atoms. The minimum Gasteiger partial charge on any atom is -0.184 e. The van der Waals surface area contributed by atoms with Gasteiger partial charge in [-0.05, 0) is 60.8 Å². The van der Waals surface area contributed by atoms with E-state index >= 15 is 0 Å². The Hall–Kier alpha value is -3.78. The van der Waals surface area contributed by atoms with Gasteiger partial charge in [0, 0.05) is 0 Å². The summed E-state index contributed by atoms with van der Waals surface area (Å²) in [5.74, 6) is 0. The first-order valence-corrected chi connectivity index (χ1v) is 28.2. The van der Waals surface area contributed by atoms with Crippen LogP contribution in [0.4, 0.5) is 0 Å². The van der Waals surface area contributed by atoms with Crippen LogP contribution in [0.3, 0.4) is 0 Å². The molecule has 294 valence electrons. The minimum atomic E-state index is -0.826. The van der Waals surface area contributed by atoms with Gasteiger partial charge in [0.15, 0.2) is 0 Å². The first kappa shape index (κ1) is 43.8. The zero-order valence-corrected chi connectivity index (χ0v) is 39.3. The van der Waals surface area contributed by atoms with Crippen molar-refractivity contribution in [1.29, 1.82) is 0 Å². The fourth-order valence-corrected chi connectivity index (χ4v) is 9.24. The van der Waals surface area contributed by atoms with Crippen molar-refractivity contribution in [2.45, 2.75) is 79.1 Å². The van der Waals surface area contributed by atoms with E-state index in [9.17, 15) is 0 Å². The molecule has 1 aliphatic rings. The third kappa shape index (κ3) is 10.9. The van der Waals surface area contributed by atoms with Gasteiger partial charge in [-0.25, -0.2) is 0 Å². The van der Waals surface area contributed by atoms with Crippen molar-refractivity contribution in [3.63, 3.8) is 0 Å². The Labute approximate surface area is 368 Å². The van der Waals surface area contributed by atoms with Gasteiger partial charge in [-0.15, -0.1) is 74.6 Å². The molecular formula is C54H53Cl2SiZr-3. The van der Waals surface area contributed by atoms with E-state index in [-0.39, 0.29) is 0 Å². The van der Waals surface area contributed by atoms with Gasteiger partial charge >= 0.3 is 37.9 Å². The number of rotatable bonds is 10. The molecule has 0 atom stereocenters. The molecule has 0 fully saturated rings. The van der Waals surface area contributed by atoms with E-state index in [0.717, 1.165) is 22.4 Å². The van der Waals surface area contributed by atoms with E-state index in [1.165, 1.54) is 126 Å². The molecule has 0 aliphatic carbocycles. The van der Waals surface area contributed by atoms with Gasteiger partial charge in [0.2, 0.25) is 0 Å². The standard InChI is InChI=1S/2C21H23.C12H7Si.2ClH.Zr/c2*1-3-5-9-17-10-6-7-12-19(17)20-13-8-11-18-14-16(4-2)15-21(18)20;1-3-7-11-9(5-1)10-6-2-4-8-12(10)13-11;;;/h2*6-8,10-15H,3-5,9H2,1-2H3;1-7H;2*1H;/q3*-1;;;+2/p-2. The molecule has 0 nitrogen and oxygen atoms in total. The molecule has 0 saturated heterocycles. The SMILES string of the molecule is CCCCc1ccccc1-c1cccc2[cH-]c(CC)cc12.CCCCc1ccccc1-c1cccc2[cH-]c(CC)cc12.[Cl][Zr][Cl].[c-]1cccc2c1[Si]c1ccccc1-2. The maximum absolute atomic E-state index is 4.93. The molecule has 0 saturated carbocycles. The van der Waals surface area contributed by atoms with E-state index < -0.39 is 20.8 Å². The fraction of sp³-hybridized carbons (Fsp3) is 0.222. The zero-order chi connectivity index (χ0) is 40.7. The second-order valence-corrected chi connectivity index (χ2v) is 19.8. The van der Waals surface area contributed by atoms with Crippen LogP contribution in [-0.2, 0) is 46.5 Å². The van der Waals surface area contributed by atoms with Gasteiger partial charge in [-0.2, -0.15) is 41.6 Å². The van der Waals surface area contributed by atoms with E-state index in [0.29, 0.717) is 0 Å². The smallest absolute Gasteiger partial charge is 0.0920 e. The Morgan fingerprint density at radius 1 is 0.517 bits per heavy atom. The topological polar surface area (TPSA) is 0 Å². The summed E-state index contributed by atoms with van der Waals surface area (Å²) in [7, 11) is 10.7. The Balaban J connectivity index is 0.000000145. The summed E-state index contributed by atoms with van der Waals surface area (Å²) in [6, 6.07) is 58.7. The molecule has 9 rings (SSSR count). The number of halogens is 2. The molecular weight excluding hydrogens is 839 g/mol. The van der Waals surface area contributed by atoms with Crippen LogP contribution >= 0.6 is 17.0 Å². The molecule has 8 aromatic rings. The summed E-state index contributed by atoms with van der Waals surface area (Å²) in [4.78, 5) is 0. The summed E-state index contributed by atoms with van der Waals surface area (Å²) in [6.07, 6.45) is 9.55. The summed E-state index contributed by atoms with van der Waals surface area (Å²) >= 11 is -0.826. The van der Waals surface area contributed by atoms with Crippen LogP contribution in [-0.4, -0.2) is 9.52 Å². The van der Waals surface area contributed by atoms with Crippen molar-refractivity contribution in [3.8, 4) is 33.4 Å². The van der Waals surface area contributed by atoms with Crippen molar-refractivity contribution in [1.82, 2.24) is 0 Å². The van der Waals surface area contributed by atoms with Gasteiger partial charge in [0.1, 0.15) is 0 Å². The zero-order valence-electron chi connectivity index (χ0n) is 34.3. The van der Waals surface area contributed by atoms with E-state index in [1.54, 1.807) is 0 Å². The van der Waals surface area contributed by atoms with Crippen LogP contribution < -0.4 is 10.4 Å². The monoisotopic (exact) mass is 889 g/mol. The van der Waals surface area contributed by atoms with Crippen molar-refractivity contribution < 1.29 is 20.8 Å². The Morgan fingerprint density at radius 3 is 1.47 bits per heavy atom. The van der Waals surface area contributed by atoms with Crippen molar-refractivity contribution in [2.75, 3.05) is 0 Å². The van der Waals surface area contributed by atoms with Gasteiger partial charge in [-0.3, -0.25) is 0 Å². The predicted octanol–water partition coefficient (Wildman–Crippen LogP) is 14.8. The van der Waals surface area contributed by atoms with Crippen molar-refractivity contribution >= 4 is 58.5 Å². The molecule has 8 aromatic carbocycles. The van der Waals surface area contributed by atoms with E-state index in [2.05, 4.69) is 179 Å². The Bertz CT molecular complexity index is 2330. The molecule has 0 unspecified atom stereocenters. The molecule has 58 heavy (non-hydrogen) atoms. The fourth-order valence-electron chi connectivity index (χ4n) is 7.93. The summed E-state index contributed by atoms with van der Waals surface area (Å²) < 4.78 is 0. The van der Waals surface area contributed by atoms with Crippen LogP contribution in [0.1, 0.15) is 75.6 Å². The molecule has 4 heteroatoms. The van der Waals surface area contributed by atoms with Crippen molar-refractivity contribution in [3.05, 3.63) is 180 Å². The molecule has 0 aromatic heterocycles. The van der Waals surface area contributed by atoms with Crippen LogP contribution in [0, 0.1) is 6.07 Å². The third-order valence-corrected chi connectivity index (χ3v) is 12.4. The summed E-state index contributed by atoms with van der Waals surface area (Å²) in [5.41, 5.74) is 14.2. The van der Waals surface area contributed by atoms with Gasteiger partial charge in [-0.1, -0.05) is 147 Å². The summed E-state index contributed by atoms with van der Waals surface area (Å²) in [5, 5.41) is 8.37. The van der Waals surface area contributed by atoms with Crippen LogP contribution in [0.2, 0.25) is 0 Å². The first-order chi connectivity index (χ1) is 28.5. The number of benzene rings is 6. The van der Waals surface area contributed by atoms with Gasteiger partial charge in [0.05, 0.1) is 9.52 Å². The molecule has 2 radical (unpaired) electrons. The van der Waals surface area contributed by atoms with Gasteiger partial charge in [0.25, 0.3) is 0 Å². The van der Waals surface area contributed by atoms with Crippen molar-refractivity contribution in [2.24, 2.45) is 0 Å². The van der Waals surface area contributed by atoms with Gasteiger partial charge < -0.3 is 0 Å². The number of hydrogen-bond donors (Lipinski definition) is 0. The quantitative estimate of drug-likeness (QED) is 0.0948. The maximum atomic E-state index is 4.93. The number of hydrogen-bond acceptors (Lipinski definition) is 0. The normalized spacial score (nSPS) is 11.1. The average molecular weight is 892 g/mol. The number of aryl methyl sites for hydroxylation is 4. The number of fused-ring (bicyclic) bond motifs is 5. The van der Waals surface area contributed by atoms with Crippen LogP contribution in [0.15, 0.2) is 152 Å². The molecule has 0 amide bonds. The van der Waals surface area contributed by atoms with Crippen LogP contribution in [0.5, 0.6) is 0 Å². The minimum absolute atomic E-state index is 0.795. The van der Waals surface area contributed by atoms with E-state index in [1.807, 2.05) is 6.07 Å². The third-order valence-electron chi connectivity index (χ3n) is 11.0. The first-order valence-electron chi connectivity index (χ1n) is 20.9. The maximum Gasteiger partial charge on any atom is 0.0920 e. The number of unbranched alkanes of at least 4 members (excludes halogenated alkanes) is 2. The summed E-state index contributed by atoms with van der Waals surface area (Å²) in [6.45, 7) is 8.97. The average Bonchev–Trinajstić information content (AvgIpc) is 4.01. The molecule has 0 N–H and O–H groups in total.